The molecule has 0 saturated heterocycles. The van der Waals surface area contributed by atoms with E-state index in [0.29, 0.717) is 0 Å². The maximum Gasteiger partial charge on any atom is 0.0593 e. The Morgan fingerprint density at radius 1 is 1.38 bits per heavy atom. The van der Waals surface area contributed by atoms with Gasteiger partial charge in [-0.05, 0) is 41.0 Å². The van der Waals surface area contributed by atoms with Crippen molar-refractivity contribution >= 4 is 15.9 Å². The van der Waals surface area contributed by atoms with Gasteiger partial charge in [0.2, 0.25) is 0 Å². The average Bonchev–Trinajstić information content (AvgIpc) is 2.28. The number of likely N-dealkylation sites (N-methyl/N-ethyl adjacent to an activating group) is 1. The summed E-state index contributed by atoms with van der Waals surface area (Å²) in [6.45, 7) is 8.69. The maximum absolute atomic E-state index is 5.36. The predicted octanol–water partition coefficient (Wildman–Crippen LogP) is 2.70. The van der Waals surface area contributed by atoms with Crippen molar-refractivity contribution in [2.45, 2.75) is 20.4 Å². The third kappa shape index (κ3) is 5.05. The van der Waals surface area contributed by atoms with Crippen molar-refractivity contribution in [3.05, 3.63) is 28.5 Å². The number of hydrogen-bond acceptors (Lipinski definition) is 3. The molecule has 0 aromatic carbocycles. The lowest BCUT2D eigenvalue weighted by Crippen LogP contribution is -2.27. The second-order valence-corrected chi connectivity index (χ2v) is 4.49. The highest BCUT2D eigenvalue weighted by molar-refractivity contribution is 9.10. The Hall–Kier alpha value is -0.450. The summed E-state index contributed by atoms with van der Waals surface area (Å²) >= 11 is 3.43. The maximum atomic E-state index is 5.36. The van der Waals surface area contributed by atoms with Crippen molar-refractivity contribution in [1.82, 2.24) is 9.88 Å². The van der Waals surface area contributed by atoms with Crippen molar-refractivity contribution in [2.75, 3.05) is 26.3 Å². The van der Waals surface area contributed by atoms with Crippen molar-refractivity contribution in [3.8, 4) is 0 Å². The van der Waals surface area contributed by atoms with Crippen LogP contribution in [0.3, 0.4) is 0 Å². The summed E-state index contributed by atoms with van der Waals surface area (Å²) in [5.74, 6) is 0. The van der Waals surface area contributed by atoms with Crippen LogP contribution in [0, 0.1) is 0 Å². The number of ether oxygens (including phenoxy) is 1. The fraction of sp³-hybridized carbons (Fsp3) is 0.583. The zero-order valence-electron chi connectivity index (χ0n) is 9.95. The van der Waals surface area contributed by atoms with Gasteiger partial charge in [-0.1, -0.05) is 6.92 Å². The molecule has 16 heavy (non-hydrogen) atoms. The second-order valence-electron chi connectivity index (χ2n) is 3.58. The first-order valence-electron chi connectivity index (χ1n) is 5.65. The van der Waals surface area contributed by atoms with Gasteiger partial charge in [0.1, 0.15) is 0 Å². The van der Waals surface area contributed by atoms with Gasteiger partial charge in [-0.25, -0.2) is 0 Å². The molecule has 0 unspecified atom stereocenters. The molecule has 1 heterocycles. The largest absolute Gasteiger partial charge is 0.380 e. The van der Waals surface area contributed by atoms with E-state index in [1.807, 2.05) is 13.1 Å². The highest BCUT2D eigenvalue weighted by atomic mass is 79.9. The molecule has 90 valence electrons. The van der Waals surface area contributed by atoms with Crippen molar-refractivity contribution < 1.29 is 4.74 Å². The molecular formula is C12H19BrN2O. The number of pyridine rings is 1. The number of aromatic nitrogens is 1. The van der Waals surface area contributed by atoms with Gasteiger partial charge in [0.05, 0.1) is 6.61 Å². The molecule has 1 rings (SSSR count). The van der Waals surface area contributed by atoms with Crippen LogP contribution in [-0.4, -0.2) is 36.2 Å². The number of rotatable bonds is 7. The molecular weight excluding hydrogens is 268 g/mol. The summed E-state index contributed by atoms with van der Waals surface area (Å²) in [6, 6.07) is 2.11. The third-order valence-electron chi connectivity index (χ3n) is 2.37. The van der Waals surface area contributed by atoms with E-state index >= 15 is 0 Å². The van der Waals surface area contributed by atoms with Crippen LogP contribution in [0.4, 0.5) is 0 Å². The van der Waals surface area contributed by atoms with Gasteiger partial charge in [-0.2, -0.15) is 0 Å². The van der Waals surface area contributed by atoms with E-state index in [1.165, 1.54) is 5.56 Å². The summed E-state index contributed by atoms with van der Waals surface area (Å²) in [5, 5.41) is 0. The molecule has 0 aliphatic rings. The highest BCUT2D eigenvalue weighted by Gasteiger charge is 2.04. The minimum Gasteiger partial charge on any atom is -0.380 e. The third-order valence-corrected chi connectivity index (χ3v) is 2.80. The first-order chi connectivity index (χ1) is 7.76. The van der Waals surface area contributed by atoms with E-state index in [0.717, 1.165) is 37.3 Å². The minimum atomic E-state index is 0.788. The Morgan fingerprint density at radius 2 is 2.19 bits per heavy atom. The first kappa shape index (κ1) is 13.6. The van der Waals surface area contributed by atoms with Crippen LogP contribution in [0.15, 0.2) is 22.9 Å². The molecule has 0 amide bonds. The van der Waals surface area contributed by atoms with E-state index < -0.39 is 0 Å². The Morgan fingerprint density at radius 3 is 2.81 bits per heavy atom. The second kappa shape index (κ2) is 7.76. The van der Waals surface area contributed by atoms with E-state index in [4.69, 9.17) is 4.74 Å². The van der Waals surface area contributed by atoms with Crippen LogP contribution in [0.25, 0.3) is 0 Å². The zero-order valence-corrected chi connectivity index (χ0v) is 11.5. The molecule has 4 heteroatoms. The molecule has 0 fully saturated rings. The minimum absolute atomic E-state index is 0.788. The summed E-state index contributed by atoms with van der Waals surface area (Å²) in [5.41, 5.74) is 1.23. The summed E-state index contributed by atoms with van der Waals surface area (Å²) < 4.78 is 6.39. The molecule has 0 bridgehead atoms. The quantitative estimate of drug-likeness (QED) is 0.721. The lowest BCUT2D eigenvalue weighted by Gasteiger charge is -2.20. The summed E-state index contributed by atoms with van der Waals surface area (Å²) in [4.78, 5) is 6.51. The predicted molar refractivity (Wildman–Crippen MR) is 69.4 cm³/mol. The fourth-order valence-corrected chi connectivity index (χ4v) is 1.90. The van der Waals surface area contributed by atoms with Crippen LogP contribution in [-0.2, 0) is 11.3 Å². The molecule has 0 atom stereocenters. The van der Waals surface area contributed by atoms with E-state index in [-0.39, 0.29) is 0 Å². The van der Waals surface area contributed by atoms with Gasteiger partial charge in [0.25, 0.3) is 0 Å². The van der Waals surface area contributed by atoms with Gasteiger partial charge < -0.3 is 4.74 Å². The average molecular weight is 287 g/mol. The molecule has 1 aromatic rings. The van der Waals surface area contributed by atoms with Crippen molar-refractivity contribution in [2.24, 2.45) is 0 Å². The van der Waals surface area contributed by atoms with E-state index in [1.54, 1.807) is 6.20 Å². The van der Waals surface area contributed by atoms with E-state index in [2.05, 4.69) is 38.8 Å². The highest BCUT2D eigenvalue weighted by Crippen LogP contribution is 2.11. The van der Waals surface area contributed by atoms with Gasteiger partial charge in [0.15, 0.2) is 0 Å². The SMILES string of the molecule is CCOCCN(CC)Cc1cncc(Br)c1. The van der Waals surface area contributed by atoms with Gasteiger partial charge in [0, 0.05) is 36.6 Å². The first-order valence-corrected chi connectivity index (χ1v) is 6.45. The molecule has 0 radical (unpaired) electrons. The van der Waals surface area contributed by atoms with Crippen LogP contribution >= 0.6 is 15.9 Å². The fourth-order valence-electron chi connectivity index (χ4n) is 1.49. The van der Waals surface area contributed by atoms with Crippen LogP contribution in [0.2, 0.25) is 0 Å². The standard InChI is InChI=1S/C12H19BrN2O/c1-3-15(5-6-16-4-2)10-11-7-12(13)9-14-8-11/h7-9H,3-6,10H2,1-2H3. The molecule has 0 saturated carbocycles. The summed E-state index contributed by atoms with van der Waals surface area (Å²) in [7, 11) is 0. The lowest BCUT2D eigenvalue weighted by molar-refractivity contribution is 0.113. The topological polar surface area (TPSA) is 25.4 Å². The Kier molecular flexibility index (Phi) is 6.61. The monoisotopic (exact) mass is 286 g/mol. The molecule has 1 aromatic heterocycles. The number of hydrogen-bond donors (Lipinski definition) is 0. The Bertz CT molecular complexity index is 307. The van der Waals surface area contributed by atoms with Gasteiger partial charge in [-0.15, -0.1) is 0 Å². The van der Waals surface area contributed by atoms with Crippen LogP contribution in [0.5, 0.6) is 0 Å². The van der Waals surface area contributed by atoms with Crippen LogP contribution in [0.1, 0.15) is 19.4 Å². The molecule has 0 aliphatic carbocycles. The molecule has 3 nitrogen and oxygen atoms in total. The molecule has 0 spiro atoms. The van der Waals surface area contributed by atoms with Gasteiger partial charge in [-0.3, -0.25) is 9.88 Å². The summed E-state index contributed by atoms with van der Waals surface area (Å²) in [6.07, 6.45) is 3.72. The number of nitrogens with zero attached hydrogens (tertiary/aromatic N) is 2. The lowest BCUT2D eigenvalue weighted by atomic mass is 10.2. The zero-order chi connectivity index (χ0) is 11.8. The molecule has 0 N–H and O–H groups in total. The van der Waals surface area contributed by atoms with E-state index in [9.17, 15) is 0 Å². The normalized spacial score (nSPS) is 11.0. The van der Waals surface area contributed by atoms with Gasteiger partial charge >= 0.3 is 0 Å². The smallest absolute Gasteiger partial charge is 0.0593 e. The van der Waals surface area contributed by atoms with Crippen LogP contribution < -0.4 is 0 Å². The Balaban J connectivity index is 2.43. The van der Waals surface area contributed by atoms with Crippen molar-refractivity contribution in [1.29, 1.82) is 0 Å². The van der Waals surface area contributed by atoms with Crippen molar-refractivity contribution in [3.63, 3.8) is 0 Å². The number of halogens is 1. The molecule has 0 aliphatic heterocycles. The Labute approximate surface area is 106 Å².